The van der Waals surface area contributed by atoms with Gasteiger partial charge in [-0.25, -0.2) is 0 Å². The lowest BCUT2D eigenvalue weighted by molar-refractivity contribution is -0.00651. The number of aliphatic hydroxyl groups excluding tert-OH is 3. The van der Waals surface area contributed by atoms with E-state index in [2.05, 4.69) is 27.7 Å². The minimum absolute atomic E-state index is 0.0419. The van der Waals surface area contributed by atoms with E-state index in [4.69, 9.17) is 0 Å². The highest BCUT2D eigenvalue weighted by Crippen LogP contribution is 2.29. The summed E-state index contributed by atoms with van der Waals surface area (Å²) in [4.78, 5) is 0. The molecule has 5 unspecified atom stereocenters. The zero-order valence-electron chi connectivity index (χ0n) is 35.8. The van der Waals surface area contributed by atoms with Gasteiger partial charge in [0.1, 0.15) is 0 Å². The number of aliphatic hydroxyl groups is 3. The van der Waals surface area contributed by atoms with Gasteiger partial charge >= 0.3 is 0 Å². The minimum atomic E-state index is -0.466. The van der Waals surface area contributed by atoms with Crippen LogP contribution >= 0.6 is 0 Å². The maximum atomic E-state index is 11.3. The maximum Gasteiger partial charge on any atom is 0.0593 e. The SMILES string of the molecule is CCCCCCCCCCCCCCCC(O)C(CCCCCCCCC)CCC(O)C(CC)C(O)CCCCCCCCCCCCCCC. The van der Waals surface area contributed by atoms with E-state index in [0.29, 0.717) is 6.42 Å². The molecule has 5 atom stereocenters. The van der Waals surface area contributed by atoms with Crippen LogP contribution in [-0.2, 0) is 0 Å². The average Bonchev–Trinajstić information content (AvgIpc) is 3.13. The molecule has 0 aliphatic carbocycles. The number of hydrogen-bond donors (Lipinski definition) is 3. The van der Waals surface area contributed by atoms with Crippen molar-refractivity contribution < 1.29 is 15.3 Å². The summed E-state index contributed by atoms with van der Waals surface area (Å²) in [6.07, 6.45) is 48.3. The van der Waals surface area contributed by atoms with E-state index in [9.17, 15) is 15.3 Å². The van der Waals surface area contributed by atoms with Gasteiger partial charge in [-0.15, -0.1) is 0 Å². The van der Waals surface area contributed by atoms with Crippen LogP contribution in [0, 0.1) is 11.8 Å². The molecule has 0 aliphatic rings. The predicted molar refractivity (Wildman–Crippen MR) is 228 cm³/mol. The third-order valence-electron chi connectivity index (χ3n) is 12.2. The van der Waals surface area contributed by atoms with Crippen molar-refractivity contribution in [1.29, 1.82) is 0 Å². The van der Waals surface area contributed by atoms with Crippen LogP contribution in [-0.4, -0.2) is 33.6 Å². The fraction of sp³-hybridized carbons (Fsp3) is 1.00. The molecule has 0 heterocycles. The fourth-order valence-corrected chi connectivity index (χ4v) is 8.48. The zero-order chi connectivity index (χ0) is 37.5. The third kappa shape index (κ3) is 34.1. The third-order valence-corrected chi connectivity index (χ3v) is 12.2. The Morgan fingerprint density at radius 1 is 0.255 bits per heavy atom. The van der Waals surface area contributed by atoms with E-state index in [0.717, 1.165) is 44.9 Å². The molecular formula is C48H98O3. The van der Waals surface area contributed by atoms with Crippen LogP contribution in [0.25, 0.3) is 0 Å². The van der Waals surface area contributed by atoms with E-state index in [1.165, 1.54) is 199 Å². The summed E-state index contributed by atoms with van der Waals surface area (Å²) < 4.78 is 0. The van der Waals surface area contributed by atoms with Crippen molar-refractivity contribution in [3.63, 3.8) is 0 Å². The van der Waals surface area contributed by atoms with Gasteiger partial charge in [-0.1, -0.05) is 240 Å². The Hall–Kier alpha value is -0.120. The van der Waals surface area contributed by atoms with E-state index in [1.807, 2.05) is 0 Å². The topological polar surface area (TPSA) is 60.7 Å². The molecule has 0 aromatic rings. The van der Waals surface area contributed by atoms with E-state index in [1.54, 1.807) is 0 Å². The molecule has 0 amide bonds. The van der Waals surface area contributed by atoms with Gasteiger partial charge < -0.3 is 15.3 Å². The van der Waals surface area contributed by atoms with Gasteiger partial charge in [0, 0.05) is 5.92 Å². The van der Waals surface area contributed by atoms with Gasteiger partial charge in [0.05, 0.1) is 18.3 Å². The van der Waals surface area contributed by atoms with E-state index in [-0.39, 0.29) is 17.9 Å². The molecule has 0 aromatic carbocycles. The normalized spacial score (nSPS) is 14.9. The monoisotopic (exact) mass is 723 g/mol. The molecule has 3 N–H and O–H groups in total. The first-order valence-electron chi connectivity index (χ1n) is 24.1. The molecule has 0 saturated carbocycles. The second-order valence-electron chi connectivity index (χ2n) is 17.1. The highest BCUT2D eigenvalue weighted by atomic mass is 16.3. The number of unbranched alkanes of at least 4 members (excludes halogenated alkanes) is 30. The Morgan fingerprint density at radius 3 is 0.824 bits per heavy atom. The van der Waals surface area contributed by atoms with Crippen LogP contribution in [0.3, 0.4) is 0 Å². The average molecular weight is 723 g/mol. The number of hydrogen-bond acceptors (Lipinski definition) is 3. The van der Waals surface area contributed by atoms with Crippen LogP contribution in [0.1, 0.15) is 278 Å². The highest BCUT2D eigenvalue weighted by Gasteiger charge is 2.27. The Morgan fingerprint density at radius 2 is 0.510 bits per heavy atom. The maximum absolute atomic E-state index is 11.3. The summed E-state index contributed by atoms with van der Waals surface area (Å²) in [5.41, 5.74) is 0. The van der Waals surface area contributed by atoms with Crippen molar-refractivity contribution in [2.45, 2.75) is 296 Å². The summed E-state index contributed by atoms with van der Waals surface area (Å²) in [5, 5.41) is 33.7. The second-order valence-corrected chi connectivity index (χ2v) is 17.1. The van der Waals surface area contributed by atoms with Crippen LogP contribution in [0.4, 0.5) is 0 Å². The summed E-state index contributed by atoms with van der Waals surface area (Å²) in [6.45, 7) is 8.98. The van der Waals surface area contributed by atoms with Crippen molar-refractivity contribution in [2.75, 3.05) is 0 Å². The Labute approximate surface area is 322 Å². The molecular weight excluding hydrogens is 625 g/mol. The first kappa shape index (κ1) is 50.9. The molecule has 3 heteroatoms. The van der Waals surface area contributed by atoms with Crippen molar-refractivity contribution in [3.05, 3.63) is 0 Å². The Bertz CT molecular complexity index is 638. The van der Waals surface area contributed by atoms with Gasteiger partial charge in [-0.2, -0.15) is 0 Å². The molecule has 308 valence electrons. The highest BCUT2D eigenvalue weighted by molar-refractivity contribution is 4.78. The Balaban J connectivity index is 4.39. The van der Waals surface area contributed by atoms with Crippen molar-refractivity contribution >= 4 is 0 Å². The van der Waals surface area contributed by atoms with E-state index >= 15 is 0 Å². The minimum Gasteiger partial charge on any atom is -0.393 e. The molecule has 0 aromatic heterocycles. The van der Waals surface area contributed by atoms with Crippen LogP contribution in [0.5, 0.6) is 0 Å². The summed E-state index contributed by atoms with van der Waals surface area (Å²) in [5.74, 6) is 0.239. The lowest BCUT2D eigenvalue weighted by atomic mass is 9.83. The summed E-state index contributed by atoms with van der Waals surface area (Å²) >= 11 is 0. The molecule has 0 rings (SSSR count). The van der Waals surface area contributed by atoms with Gasteiger partial charge in [0.15, 0.2) is 0 Å². The fourth-order valence-electron chi connectivity index (χ4n) is 8.48. The first-order chi connectivity index (χ1) is 25.0. The van der Waals surface area contributed by atoms with Gasteiger partial charge in [-0.05, 0) is 44.4 Å². The van der Waals surface area contributed by atoms with Crippen molar-refractivity contribution in [3.8, 4) is 0 Å². The van der Waals surface area contributed by atoms with Gasteiger partial charge in [0.25, 0.3) is 0 Å². The molecule has 3 nitrogen and oxygen atoms in total. The summed E-state index contributed by atoms with van der Waals surface area (Å²) in [6, 6.07) is 0. The molecule has 0 radical (unpaired) electrons. The lowest BCUT2D eigenvalue weighted by Gasteiger charge is -2.29. The Kier molecular flexibility index (Phi) is 41.0. The second kappa shape index (κ2) is 41.1. The van der Waals surface area contributed by atoms with Crippen LogP contribution in [0.15, 0.2) is 0 Å². The number of rotatable bonds is 43. The molecule has 0 fully saturated rings. The van der Waals surface area contributed by atoms with Crippen molar-refractivity contribution in [1.82, 2.24) is 0 Å². The molecule has 0 bridgehead atoms. The largest absolute Gasteiger partial charge is 0.393 e. The van der Waals surface area contributed by atoms with Gasteiger partial charge in [0.2, 0.25) is 0 Å². The van der Waals surface area contributed by atoms with Crippen molar-refractivity contribution in [2.24, 2.45) is 11.8 Å². The first-order valence-corrected chi connectivity index (χ1v) is 24.1. The smallest absolute Gasteiger partial charge is 0.0593 e. The van der Waals surface area contributed by atoms with Crippen LogP contribution in [0.2, 0.25) is 0 Å². The molecule has 0 aliphatic heterocycles. The predicted octanol–water partition coefficient (Wildman–Crippen LogP) is 15.6. The summed E-state index contributed by atoms with van der Waals surface area (Å²) in [7, 11) is 0. The van der Waals surface area contributed by atoms with Gasteiger partial charge in [-0.3, -0.25) is 0 Å². The zero-order valence-corrected chi connectivity index (χ0v) is 35.8. The standard InChI is InChI=1S/C48H98O3/c1-5-9-12-15-18-20-22-24-26-28-31-34-37-40-46(49)44(39-36-33-30-17-14-11-7-3)42-43-48(51)45(8-4)47(50)41-38-35-32-29-27-25-23-21-19-16-13-10-6-2/h44-51H,5-43H2,1-4H3. The quantitative estimate of drug-likeness (QED) is 0.0549. The van der Waals surface area contributed by atoms with Crippen LogP contribution < -0.4 is 0 Å². The lowest BCUT2D eigenvalue weighted by Crippen LogP contribution is -2.32. The molecule has 51 heavy (non-hydrogen) atoms. The molecule has 0 saturated heterocycles. The van der Waals surface area contributed by atoms with E-state index < -0.39 is 12.2 Å². The molecule has 0 spiro atoms.